The van der Waals surface area contributed by atoms with Crippen molar-refractivity contribution in [3.05, 3.63) is 53.6 Å². The van der Waals surface area contributed by atoms with Crippen molar-refractivity contribution in [2.75, 3.05) is 18.5 Å². The maximum Gasteiger partial charge on any atom is 0.237 e. The molecule has 1 amide bonds. The van der Waals surface area contributed by atoms with Gasteiger partial charge < -0.3 is 14.8 Å². The van der Waals surface area contributed by atoms with Gasteiger partial charge in [-0.2, -0.15) is 0 Å². The molecule has 1 aliphatic rings. The summed E-state index contributed by atoms with van der Waals surface area (Å²) < 4.78 is 37.8. The highest BCUT2D eigenvalue weighted by molar-refractivity contribution is 7.99. The number of hydrogen-bond donors (Lipinski definition) is 1. The molecule has 4 nitrogen and oxygen atoms in total. The Morgan fingerprint density at radius 3 is 2.76 bits per heavy atom. The van der Waals surface area contributed by atoms with Gasteiger partial charge in [0, 0.05) is 23.1 Å². The van der Waals surface area contributed by atoms with Gasteiger partial charge in [0.15, 0.2) is 23.1 Å². The number of carbonyl (C=O) groups excluding carboxylic acids is 1. The lowest BCUT2D eigenvalue weighted by molar-refractivity contribution is -0.115. The largest absolute Gasteiger partial charge is 0.486 e. The van der Waals surface area contributed by atoms with E-state index in [-0.39, 0.29) is 17.2 Å². The fourth-order valence-electron chi connectivity index (χ4n) is 2.32. The molecule has 1 heterocycles. The first-order chi connectivity index (χ1) is 12.0. The summed E-state index contributed by atoms with van der Waals surface area (Å²) in [6, 6.07) is 9.21. The highest BCUT2D eigenvalue weighted by atomic mass is 32.2. The van der Waals surface area contributed by atoms with Gasteiger partial charge in [-0.3, -0.25) is 4.79 Å². The van der Waals surface area contributed by atoms with E-state index in [1.54, 1.807) is 25.1 Å². The maximum atomic E-state index is 13.6. The molecule has 1 atom stereocenters. The van der Waals surface area contributed by atoms with Crippen molar-refractivity contribution in [3.8, 4) is 11.5 Å². The Balaban J connectivity index is 1.58. The molecule has 0 bridgehead atoms. The van der Waals surface area contributed by atoms with Gasteiger partial charge in [-0.05, 0) is 25.1 Å². The fraction of sp³-hybridized carbons (Fsp3) is 0.278. The van der Waals surface area contributed by atoms with Crippen LogP contribution < -0.4 is 14.8 Å². The summed E-state index contributed by atoms with van der Waals surface area (Å²) in [7, 11) is 0. The van der Waals surface area contributed by atoms with Crippen LogP contribution in [-0.4, -0.2) is 24.4 Å². The predicted molar refractivity (Wildman–Crippen MR) is 93.2 cm³/mol. The van der Waals surface area contributed by atoms with E-state index < -0.39 is 16.9 Å². The van der Waals surface area contributed by atoms with Gasteiger partial charge in [-0.25, -0.2) is 8.78 Å². The Labute approximate surface area is 148 Å². The van der Waals surface area contributed by atoms with Crippen molar-refractivity contribution in [1.82, 2.24) is 0 Å². The molecule has 2 aromatic rings. The summed E-state index contributed by atoms with van der Waals surface area (Å²) in [5, 5.41) is 2.36. The van der Waals surface area contributed by atoms with Crippen LogP contribution in [0, 0.1) is 11.6 Å². The summed E-state index contributed by atoms with van der Waals surface area (Å²) in [6.45, 7) is 2.69. The fourth-order valence-corrected chi connectivity index (χ4v) is 3.18. The van der Waals surface area contributed by atoms with E-state index in [9.17, 15) is 13.6 Å². The van der Waals surface area contributed by atoms with E-state index in [4.69, 9.17) is 9.47 Å². The van der Waals surface area contributed by atoms with Crippen molar-refractivity contribution < 1.29 is 23.0 Å². The Bertz CT molecular complexity index is 785. The minimum Gasteiger partial charge on any atom is -0.486 e. The zero-order chi connectivity index (χ0) is 17.8. The zero-order valence-electron chi connectivity index (χ0n) is 13.6. The van der Waals surface area contributed by atoms with Crippen molar-refractivity contribution in [2.24, 2.45) is 0 Å². The lowest BCUT2D eigenvalue weighted by atomic mass is 10.2. The zero-order valence-corrected chi connectivity index (χ0v) is 14.4. The first-order valence-electron chi connectivity index (χ1n) is 7.79. The number of thioether (sulfide) groups is 1. The summed E-state index contributed by atoms with van der Waals surface area (Å²) in [5.41, 5.74) is 0.836. The molecule has 3 rings (SSSR count). The Kier molecular flexibility index (Phi) is 5.43. The molecule has 1 N–H and O–H groups in total. The maximum absolute atomic E-state index is 13.6. The number of hydrogen-bond acceptors (Lipinski definition) is 4. The van der Waals surface area contributed by atoms with Crippen LogP contribution >= 0.6 is 11.8 Å². The van der Waals surface area contributed by atoms with Crippen molar-refractivity contribution in [2.45, 2.75) is 17.9 Å². The number of rotatable bonds is 5. The second-order valence-electron chi connectivity index (χ2n) is 5.51. The van der Waals surface area contributed by atoms with Crippen molar-refractivity contribution >= 4 is 23.4 Å². The molecule has 0 spiro atoms. The Morgan fingerprint density at radius 1 is 1.20 bits per heavy atom. The molecule has 132 valence electrons. The molecule has 7 heteroatoms. The number of amides is 1. The van der Waals surface area contributed by atoms with E-state index >= 15 is 0 Å². The van der Waals surface area contributed by atoms with E-state index in [0.717, 1.165) is 6.07 Å². The molecule has 0 saturated heterocycles. The molecule has 0 fully saturated rings. The Morgan fingerprint density at radius 2 is 1.96 bits per heavy atom. The quantitative estimate of drug-likeness (QED) is 0.870. The number of fused-ring (bicyclic) bond motifs is 1. The van der Waals surface area contributed by atoms with Crippen LogP contribution in [0.2, 0.25) is 0 Å². The summed E-state index contributed by atoms with van der Waals surface area (Å²) in [6.07, 6.45) is 0. The lowest BCUT2D eigenvalue weighted by Gasteiger charge is -2.19. The monoisotopic (exact) mass is 365 g/mol. The molecular formula is C18H17F2NO3S. The first kappa shape index (κ1) is 17.5. The molecule has 0 aromatic heterocycles. The summed E-state index contributed by atoms with van der Waals surface area (Å²) >= 11 is 1.23. The van der Waals surface area contributed by atoms with Crippen LogP contribution in [0.25, 0.3) is 0 Å². The van der Waals surface area contributed by atoms with Crippen molar-refractivity contribution in [1.29, 1.82) is 0 Å². The van der Waals surface area contributed by atoms with Crippen LogP contribution in [0.5, 0.6) is 11.5 Å². The average molecular weight is 365 g/mol. The number of carbonyl (C=O) groups is 1. The minimum absolute atomic E-state index is 0.208. The second kappa shape index (κ2) is 7.74. The van der Waals surface area contributed by atoms with Crippen LogP contribution in [0.4, 0.5) is 14.5 Å². The van der Waals surface area contributed by atoms with Crippen molar-refractivity contribution in [3.63, 3.8) is 0 Å². The van der Waals surface area contributed by atoms with E-state index in [1.807, 2.05) is 0 Å². The molecule has 0 radical (unpaired) electrons. The van der Waals surface area contributed by atoms with Gasteiger partial charge in [0.1, 0.15) is 13.2 Å². The van der Waals surface area contributed by atoms with Gasteiger partial charge in [0.05, 0.1) is 5.25 Å². The van der Waals surface area contributed by atoms with Gasteiger partial charge in [-0.15, -0.1) is 11.8 Å². The van der Waals surface area contributed by atoms with Crippen LogP contribution in [-0.2, 0) is 10.5 Å². The molecule has 1 aliphatic heterocycles. The molecule has 1 unspecified atom stereocenters. The third-order valence-electron chi connectivity index (χ3n) is 3.70. The van der Waals surface area contributed by atoms with Crippen LogP contribution in [0.15, 0.2) is 36.4 Å². The second-order valence-corrected chi connectivity index (χ2v) is 6.84. The number of anilines is 1. The first-order valence-corrected chi connectivity index (χ1v) is 8.84. The topological polar surface area (TPSA) is 47.6 Å². The highest BCUT2D eigenvalue weighted by Crippen LogP contribution is 2.33. The van der Waals surface area contributed by atoms with Gasteiger partial charge >= 0.3 is 0 Å². The number of halogens is 2. The molecular weight excluding hydrogens is 348 g/mol. The van der Waals surface area contributed by atoms with Gasteiger partial charge in [-0.1, -0.05) is 12.1 Å². The lowest BCUT2D eigenvalue weighted by Crippen LogP contribution is -2.23. The Hall–Kier alpha value is -2.28. The number of ether oxygens (including phenoxy) is 2. The molecule has 2 aromatic carbocycles. The summed E-state index contributed by atoms with van der Waals surface area (Å²) in [4.78, 5) is 12.3. The van der Waals surface area contributed by atoms with Gasteiger partial charge in [0.2, 0.25) is 5.91 Å². The molecule has 0 aliphatic carbocycles. The standard InChI is InChI=1S/C18H17F2NO3S/c1-11(25-10-12-3-2-4-14(19)17(12)20)18(22)21-13-5-6-15-16(9-13)24-8-7-23-15/h2-6,9,11H,7-8,10H2,1H3,(H,21,22). The van der Waals surface area contributed by atoms with Crippen LogP contribution in [0.3, 0.4) is 0 Å². The smallest absolute Gasteiger partial charge is 0.237 e. The third-order valence-corrected chi connectivity index (χ3v) is 4.89. The molecule has 0 saturated carbocycles. The van der Waals surface area contributed by atoms with E-state index in [2.05, 4.69) is 5.32 Å². The predicted octanol–water partition coefficient (Wildman–Crippen LogP) is 4.00. The summed E-state index contributed by atoms with van der Waals surface area (Å²) in [5.74, 6) is -0.530. The average Bonchev–Trinajstić information content (AvgIpc) is 2.62. The highest BCUT2D eigenvalue weighted by Gasteiger charge is 2.17. The SMILES string of the molecule is CC(SCc1cccc(F)c1F)C(=O)Nc1ccc2c(c1)OCCO2. The number of nitrogens with one attached hydrogen (secondary N) is 1. The van der Waals surface area contributed by atoms with E-state index in [0.29, 0.717) is 30.4 Å². The number of benzene rings is 2. The third kappa shape index (κ3) is 4.22. The normalized spacial score (nSPS) is 14.0. The minimum atomic E-state index is -0.883. The van der Waals surface area contributed by atoms with E-state index in [1.165, 1.54) is 23.9 Å². The molecule has 25 heavy (non-hydrogen) atoms. The van der Waals surface area contributed by atoms with Gasteiger partial charge in [0.25, 0.3) is 0 Å². The van der Waals surface area contributed by atoms with Crippen LogP contribution in [0.1, 0.15) is 12.5 Å².